The van der Waals surface area contributed by atoms with Crippen LogP contribution in [0.2, 0.25) is 0 Å². The summed E-state index contributed by atoms with van der Waals surface area (Å²) in [5.41, 5.74) is 1.22. The first-order valence-electron chi connectivity index (χ1n) is 18.7. The van der Waals surface area contributed by atoms with Crippen molar-refractivity contribution in [3.63, 3.8) is 0 Å². The van der Waals surface area contributed by atoms with Gasteiger partial charge in [0.25, 0.3) is 0 Å². The number of aliphatic carboxylic acids is 3. The van der Waals surface area contributed by atoms with E-state index < -0.39 is 24.0 Å². The van der Waals surface area contributed by atoms with Gasteiger partial charge in [-0.2, -0.15) is 0 Å². The van der Waals surface area contributed by atoms with Crippen molar-refractivity contribution in [3.8, 4) is 0 Å². The molecule has 1 rings (SSSR count). The van der Waals surface area contributed by atoms with Crippen molar-refractivity contribution in [2.75, 3.05) is 26.9 Å². The Labute approximate surface area is 330 Å². The van der Waals surface area contributed by atoms with Crippen LogP contribution >= 0.6 is 0 Å². The standard InChI is InChI=1S/C18H36O3.C7H10O3.C5H8O2.2C4H6O2.C3H8O2/c1-2-3-4-11-14-17(19)15-12-9-7-5-6-8-10-13-16-18(20)21;1-5(2)7(8)10-4-6-3-9-6;1-4(2)5(6)7-3;2*1-3(2)4(5)6;1-3(5)2-4/h17,19H,2-16H2,1H3,(H,20,21);6H,1,3-4H2,2H3;1H2,2-3H3;2*1H2,2H3,(H,5,6);3-5H,2H2,1H3. The number of methoxy groups -OCH3 is 1. The lowest BCUT2D eigenvalue weighted by Gasteiger charge is -2.10. The highest BCUT2D eigenvalue weighted by Crippen LogP contribution is 2.14. The smallest absolute Gasteiger partial charge is 0.333 e. The fourth-order valence-electron chi connectivity index (χ4n) is 3.30. The van der Waals surface area contributed by atoms with Crippen molar-refractivity contribution >= 4 is 29.8 Å². The lowest BCUT2D eigenvalue weighted by molar-refractivity contribution is -0.139. The largest absolute Gasteiger partial charge is 0.481 e. The summed E-state index contributed by atoms with van der Waals surface area (Å²) in [4.78, 5) is 50.4. The molecule has 0 radical (unpaired) electrons. The van der Waals surface area contributed by atoms with E-state index in [9.17, 15) is 29.1 Å². The van der Waals surface area contributed by atoms with Gasteiger partial charge in [0.2, 0.25) is 0 Å². The summed E-state index contributed by atoms with van der Waals surface area (Å²) in [5, 5.41) is 50.2. The molecule has 0 amide bonds. The van der Waals surface area contributed by atoms with Gasteiger partial charge in [-0.05, 0) is 53.9 Å². The lowest BCUT2D eigenvalue weighted by Crippen LogP contribution is -2.09. The molecule has 3 atom stereocenters. The van der Waals surface area contributed by atoms with E-state index in [4.69, 9.17) is 35.0 Å². The van der Waals surface area contributed by atoms with E-state index in [1.54, 1.807) is 13.8 Å². The van der Waals surface area contributed by atoms with Crippen molar-refractivity contribution in [1.82, 2.24) is 0 Å². The number of hydrogen-bond acceptors (Lipinski definition) is 11. The number of carboxylic acids is 3. The molecule has 322 valence electrons. The second-order valence-corrected chi connectivity index (χ2v) is 13.1. The zero-order valence-corrected chi connectivity index (χ0v) is 34.7. The molecule has 0 aromatic heterocycles. The number of unbranched alkanes of at least 4 members (excludes halogenated alkanes) is 10. The third kappa shape index (κ3) is 62.4. The summed E-state index contributed by atoms with van der Waals surface area (Å²) in [7, 11) is 1.33. The average Bonchev–Trinajstić information content (AvgIpc) is 3.95. The predicted octanol–water partition coefficient (Wildman–Crippen LogP) is 7.20. The number of aliphatic hydroxyl groups excluding tert-OH is 3. The van der Waals surface area contributed by atoms with Crippen molar-refractivity contribution in [3.05, 3.63) is 48.6 Å². The highest BCUT2D eigenvalue weighted by atomic mass is 16.6. The van der Waals surface area contributed by atoms with Crippen LogP contribution in [0.4, 0.5) is 0 Å². The Bertz CT molecular complexity index is 1030. The van der Waals surface area contributed by atoms with E-state index in [0.29, 0.717) is 30.8 Å². The van der Waals surface area contributed by atoms with Crippen molar-refractivity contribution in [2.45, 2.75) is 156 Å². The van der Waals surface area contributed by atoms with Gasteiger partial charge in [-0.3, -0.25) is 4.79 Å². The second-order valence-electron chi connectivity index (χ2n) is 13.1. The van der Waals surface area contributed by atoms with E-state index in [1.165, 1.54) is 79.2 Å². The fourth-order valence-corrected chi connectivity index (χ4v) is 3.30. The predicted molar refractivity (Wildman–Crippen MR) is 215 cm³/mol. The first-order valence-corrected chi connectivity index (χ1v) is 18.7. The third-order valence-corrected chi connectivity index (χ3v) is 6.75. The van der Waals surface area contributed by atoms with Crippen LogP contribution in [0.5, 0.6) is 0 Å². The maximum Gasteiger partial charge on any atom is 0.333 e. The van der Waals surface area contributed by atoms with Crippen LogP contribution in [0.1, 0.15) is 138 Å². The van der Waals surface area contributed by atoms with E-state index >= 15 is 0 Å². The monoisotopic (exact) mass is 791 g/mol. The van der Waals surface area contributed by atoms with Gasteiger partial charge in [0, 0.05) is 28.7 Å². The molecule has 1 fully saturated rings. The van der Waals surface area contributed by atoms with Crippen LogP contribution in [0.25, 0.3) is 0 Å². The summed E-state index contributed by atoms with van der Waals surface area (Å²) >= 11 is 0. The third-order valence-electron chi connectivity index (χ3n) is 6.75. The van der Waals surface area contributed by atoms with Gasteiger partial charge in [0.05, 0.1) is 32.5 Å². The number of esters is 2. The van der Waals surface area contributed by atoms with Crippen LogP contribution < -0.4 is 0 Å². The Hall–Kier alpha value is -3.85. The van der Waals surface area contributed by atoms with Gasteiger partial charge in [-0.1, -0.05) is 104 Å². The van der Waals surface area contributed by atoms with E-state index in [0.717, 1.165) is 38.5 Å². The molecule has 0 spiro atoms. The van der Waals surface area contributed by atoms with Crippen LogP contribution in [0, 0.1) is 0 Å². The number of carbonyl (C=O) groups is 5. The second kappa shape index (κ2) is 42.9. The van der Waals surface area contributed by atoms with Gasteiger partial charge in [0.15, 0.2) is 0 Å². The number of aliphatic hydroxyl groups is 3. The molecule has 1 saturated heterocycles. The van der Waals surface area contributed by atoms with Crippen molar-refractivity contribution in [2.24, 2.45) is 0 Å². The van der Waals surface area contributed by atoms with Gasteiger partial charge < -0.3 is 44.8 Å². The van der Waals surface area contributed by atoms with Gasteiger partial charge in [0.1, 0.15) is 12.7 Å². The first kappa shape index (κ1) is 60.4. The molecule has 1 heterocycles. The minimum Gasteiger partial charge on any atom is -0.481 e. The molecule has 55 heavy (non-hydrogen) atoms. The zero-order chi connectivity index (χ0) is 43.8. The van der Waals surface area contributed by atoms with Gasteiger partial charge >= 0.3 is 29.8 Å². The molecule has 1 aliphatic heterocycles. The highest BCUT2D eigenvalue weighted by Gasteiger charge is 2.24. The van der Waals surface area contributed by atoms with Crippen LogP contribution in [-0.2, 0) is 38.2 Å². The summed E-state index contributed by atoms with van der Waals surface area (Å²) in [6.45, 7) is 23.9. The molecule has 0 saturated carbocycles. The molecule has 6 N–H and O–H groups in total. The summed E-state index contributed by atoms with van der Waals surface area (Å²) < 4.78 is 13.9. The van der Waals surface area contributed by atoms with Crippen LogP contribution in [0.3, 0.4) is 0 Å². The number of epoxide rings is 1. The topological polar surface area (TPSA) is 238 Å². The zero-order valence-electron chi connectivity index (χ0n) is 34.7. The maximum atomic E-state index is 10.7. The molecule has 0 bridgehead atoms. The number of carbonyl (C=O) groups excluding carboxylic acids is 2. The molecule has 0 aromatic carbocycles. The minimum atomic E-state index is -0.935. The molecule has 1 aliphatic rings. The van der Waals surface area contributed by atoms with Gasteiger partial charge in [-0.25, -0.2) is 19.2 Å². The SMILES string of the molecule is C=C(C)C(=O)O.C=C(C)C(=O)O.C=C(C)C(=O)OC.C=C(C)C(=O)OCC1CO1.CC(O)CO.CCCCCCC(O)CCCCCCCCCCC(=O)O. The minimum absolute atomic E-state index is 0.0853. The number of hydrogen-bond donors (Lipinski definition) is 6. The van der Waals surface area contributed by atoms with Gasteiger partial charge in [-0.15, -0.1) is 0 Å². The molecule has 14 nitrogen and oxygen atoms in total. The first-order chi connectivity index (χ1) is 25.6. The Morgan fingerprint density at radius 1 is 0.673 bits per heavy atom. The average molecular weight is 791 g/mol. The Morgan fingerprint density at radius 2 is 1.02 bits per heavy atom. The van der Waals surface area contributed by atoms with E-state index in [2.05, 4.69) is 38.0 Å². The summed E-state index contributed by atoms with van der Waals surface area (Å²) in [6, 6.07) is 0. The Balaban J connectivity index is -0.000000203. The number of rotatable bonds is 23. The van der Waals surface area contributed by atoms with Crippen LogP contribution in [-0.4, -0.2) is 106 Å². The molecular formula is C41H74O14. The molecule has 0 aliphatic carbocycles. The maximum absolute atomic E-state index is 10.7. The normalized spacial score (nSPS) is 12.7. The van der Waals surface area contributed by atoms with Crippen molar-refractivity contribution < 1.29 is 68.8 Å². The van der Waals surface area contributed by atoms with Crippen LogP contribution in [0.15, 0.2) is 48.6 Å². The lowest BCUT2D eigenvalue weighted by atomic mass is 10.0. The van der Waals surface area contributed by atoms with Crippen molar-refractivity contribution in [1.29, 1.82) is 0 Å². The highest BCUT2D eigenvalue weighted by molar-refractivity contribution is 5.87. The fraction of sp³-hybridized carbons (Fsp3) is 0.683. The molecule has 0 aromatic rings. The quantitative estimate of drug-likeness (QED) is 0.0260. The summed E-state index contributed by atoms with van der Waals surface area (Å²) in [5.74, 6) is -3.23. The Kier molecular flexibility index (Phi) is 47.1. The number of ether oxygens (including phenoxy) is 3. The number of carboxylic acid groups (broad SMARTS) is 3. The van der Waals surface area contributed by atoms with E-state index in [-0.39, 0.29) is 41.9 Å². The summed E-state index contributed by atoms with van der Waals surface area (Å²) in [6.07, 6.45) is 15.8. The molecule has 14 heteroatoms. The molecular weight excluding hydrogens is 716 g/mol. The van der Waals surface area contributed by atoms with E-state index in [1.807, 2.05) is 0 Å². The Morgan fingerprint density at radius 3 is 1.27 bits per heavy atom. The molecule has 3 unspecified atom stereocenters.